The van der Waals surface area contributed by atoms with Gasteiger partial charge in [-0.3, -0.25) is 14.4 Å². The van der Waals surface area contributed by atoms with Crippen molar-refractivity contribution in [1.29, 1.82) is 0 Å². The molecule has 0 unspecified atom stereocenters. The molecule has 7 atom stereocenters. The molecule has 5 rings (SSSR count). The monoisotopic (exact) mass is 500 g/mol. The van der Waals surface area contributed by atoms with Gasteiger partial charge in [-0.25, -0.2) is 4.79 Å². The molecule has 0 N–H and O–H groups in total. The van der Waals surface area contributed by atoms with E-state index >= 15 is 0 Å². The van der Waals surface area contributed by atoms with Crippen LogP contribution in [0.3, 0.4) is 0 Å². The maximum Gasteiger partial charge on any atom is 0.339 e. The van der Waals surface area contributed by atoms with Crippen molar-refractivity contribution >= 4 is 35.0 Å². The second kappa shape index (κ2) is 8.62. The molecule has 0 aromatic carbocycles. The number of carbonyl (C=O) groups is 4. The van der Waals surface area contributed by atoms with E-state index in [1.165, 1.54) is 31.0 Å². The summed E-state index contributed by atoms with van der Waals surface area (Å²) in [4.78, 5) is 53.0. The van der Waals surface area contributed by atoms with Gasteiger partial charge in [0, 0.05) is 23.3 Å². The summed E-state index contributed by atoms with van der Waals surface area (Å²) in [5.41, 5.74) is -0.473. The van der Waals surface area contributed by atoms with Crippen LogP contribution in [-0.2, 0) is 28.6 Å². The SMILES string of the molecule is COC(=O)[C@@H]1C[C@H](OC(=O)c2ccsc2)C(=O)[C@H]2[C@@]1(C)CC[C@H]1C(=O)O[C@H](c3ccoc3)C[C@]21C. The van der Waals surface area contributed by atoms with Crippen LogP contribution in [0, 0.1) is 28.6 Å². The van der Waals surface area contributed by atoms with Crippen LogP contribution < -0.4 is 0 Å². The van der Waals surface area contributed by atoms with Crippen LogP contribution in [0.2, 0.25) is 0 Å². The number of hydrogen-bond donors (Lipinski definition) is 0. The number of hydrogen-bond acceptors (Lipinski definition) is 9. The number of fused-ring (bicyclic) bond motifs is 3. The third kappa shape index (κ3) is 3.71. The minimum absolute atomic E-state index is 0.0603. The van der Waals surface area contributed by atoms with Gasteiger partial charge in [0.05, 0.1) is 37.0 Å². The third-order valence-corrected chi connectivity index (χ3v) is 9.19. The Kier molecular flexibility index (Phi) is 5.86. The largest absolute Gasteiger partial charge is 0.472 e. The molecule has 2 aromatic heterocycles. The first-order chi connectivity index (χ1) is 16.7. The number of cyclic esters (lactones) is 1. The zero-order valence-electron chi connectivity index (χ0n) is 19.9. The number of carbonyl (C=O) groups excluding carboxylic acids is 4. The zero-order chi connectivity index (χ0) is 25.0. The summed E-state index contributed by atoms with van der Waals surface area (Å²) < 4.78 is 21.8. The predicted octanol–water partition coefficient (Wildman–Crippen LogP) is 4.36. The Morgan fingerprint density at radius 1 is 1.17 bits per heavy atom. The Morgan fingerprint density at radius 3 is 2.63 bits per heavy atom. The van der Waals surface area contributed by atoms with Gasteiger partial charge in [0.2, 0.25) is 0 Å². The number of Topliss-reactive ketones (excluding diaryl/α,β-unsaturated/α-hetero) is 1. The van der Waals surface area contributed by atoms with E-state index in [1.807, 2.05) is 13.8 Å². The molecule has 0 spiro atoms. The second-order valence-electron chi connectivity index (χ2n) is 10.3. The number of furan rings is 1. The lowest BCUT2D eigenvalue weighted by Crippen LogP contribution is -2.64. The van der Waals surface area contributed by atoms with Crippen LogP contribution in [0.15, 0.2) is 39.8 Å². The number of ether oxygens (including phenoxy) is 3. The van der Waals surface area contributed by atoms with Gasteiger partial charge in [-0.15, -0.1) is 0 Å². The average Bonchev–Trinajstić information content (AvgIpc) is 3.54. The molecular formula is C26H28O8S. The predicted molar refractivity (Wildman–Crippen MR) is 123 cm³/mol. The molecule has 186 valence electrons. The quantitative estimate of drug-likeness (QED) is 0.450. The molecule has 1 saturated heterocycles. The van der Waals surface area contributed by atoms with Gasteiger partial charge in [-0.1, -0.05) is 13.8 Å². The molecule has 0 amide bonds. The van der Waals surface area contributed by atoms with Crippen molar-refractivity contribution in [1.82, 2.24) is 0 Å². The Balaban J connectivity index is 1.55. The van der Waals surface area contributed by atoms with E-state index < -0.39 is 52.7 Å². The summed E-state index contributed by atoms with van der Waals surface area (Å²) in [6.07, 6.45) is 2.82. The van der Waals surface area contributed by atoms with Crippen LogP contribution in [0.5, 0.6) is 0 Å². The highest BCUT2D eigenvalue weighted by Crippen LogP contribution is 2.65. The highest BCUT2D eigenvalue weighted by molar-refractivity contribution is 7.08. The lowest BCUT2D eigenvalue weighted by molar-refractivity contribution is -0.208. The van der Waals surface area contributed by atoms with Gasteiger partial charge in [0.1, 0.15) is 6.10 Å². The summed E-state index contributed by atoms with van der Waals surface area (Å²) in [5, 5.41) is 3.41. The Hall–Kier alpha value is -2.94. The molecule has 9 heteroatoms. The van der Waals surface area contributed by atoms with Gasteiger partial charge >= 0.3 is 17.9 Å². The van der Waals surface area contributed by atoms with Gasteiger partial charge < -0.3 is 18.6 Å². The van der Waals surface area contributed by atoms with E-state index in [2.05, 4.69) is 0 Å². The van der Waals surface area contributed by atoms with Crippen LogP contribution in [0.1, 0.15) is 61.6 Å². The molecule has 3 heterocycles. The summed E-state index contributed by atoms with van der Waals surface area (Å²) in [6.45, 7) is 3.87. The fourth-order valence-electron chi connectivity index (χ4n) is 6.84. The molecule has 3 aliphatic rings. The van der Waals surface area contributed by atoms with Gasteiger partial charge in [-0.05, 0) is 47.6 Å². The Labute approximate surface area is 206 Å². The van der Waals surface area contributed by atoms with Crippen molar-refractivity contribution in [3.05, 3.63) is 46.5 Å². The van der Waals surface area contributed by atoms with Gasteiger partial charge in [0.15, 0.2) is 11.9 Å². The maximum atomic E-state index is 14.1. The number of esters is 3. The first-order valence-electron chi connectivity index (χ1n) is 11.8. The molecule has 2 saturated carbocycles. The average molecular weight is 501 g/mol. The third-order valence-electron chi connectivity index (χ3n) is 8.51. The number of ketones is 1. The van der Waals surface area contributed by atoms with E-state index in [0.29, 0.717) is 24.8 Å². The van der Waals surface area contributed by atoms with Crippen molar-refractivity contribution in [2.45, 2.75) is 51.7 Å². The number of thiophene rings is 1. The van der Waals surface area contributed by atoms with Crippen molar-refractivity contribution in [3.63, 3.8) is 0 Å². The van der Waals surface area contributed by atoms with Crippen molar-refractivity contribution in [3.8, 4) is 0 Å². The van der Waals surface area contributed by atoms with E-state index in [4.69, 9.17) is 18.6 Å². The highest BCUT2D eigenvalue weighted by Gasteiger charge is 2.67. The van der Waals surface area contributed by atoms with Gasteiger partial charge in [-0.2, -0.15) is 11.3 Å². The summed E-state index contributed by atoms with van der Waals surface area (Å²) >= 11 is 1.35. The highest BCUT2D eigenvalue weighted by atomic mass is 32.1. The standard InChI is InChI=1S/C26H28O8S/c1-25-7-4-16-24(30)34-19(14-5-8-32-12-14)11-26(16,2)21(25)20(27)18(10-17(25)23(29)31-3)33-22(28)15-6-9-35-13-15/h5-6,8-9,12-13,16-19,21H,4,7,10-11H2,1-3H3/t16-,17-,18-,19-,21-,25-,26-/m0/s1. The fraction of sp³-hybridized carbons (Fsp3) is 0.538. The second-order valence-corrected chi connectivity index (χ2v) is 11.1. The smallest absolute Gasteiger partial charge is 0.339 e. The summed E-state index contributed by atoms with van der Waals surface area (Å²) in [7, 11) is 1.32. The normalized spacial score (nSPS) is 36.5. The molecular weight excluding hydrogens is 472 g/mol. The van der Waals surface area contributed by atoms with Crippen molar-refractivity contribution in [2.75, 3.05) is 7.11 Å². The van der Waals surface area contributed by atoms with Crippen molar-refractivity contribution < 1.29 is 37.8 Å². The van der Waals surface area contributed by atoms with E-state index in [9.17, 15) is 19.2 Å². The molecule has 0 radical (unpaired) electrons. The molecule has 3 fully saturated rings. The van der Waals surface area contributed by atoms with E-state index in [0.717, 1.165) is 5.56 Å². The lowest BCUT2D eigenvalue weighted by Gasteiger charge is -2.61. The minimum atomic E-state index is -1.11. The fourth-order valence-corrected chi connectivity index (χ4v) is 7.47. The van der Waals surface area contributed by atoms with Crippen LogP contribution in [0.4, 0.5) is 0 Å². The molecule has 2 aliphatic carbocycles. The first-order valence-corrected chi connectivity index (χ1v) is 12.7. The molecule has 8 nitrogen and oxygen atoms in total. The Bertz CT molecular complexity index is 1140. The zero-order valence-corrected chi connectivity index (χ0v) is 20.7. The molecule has 1 aliphatic heterocycles. The molecule has 35 heavy (non-hydrogen) atoms. The topological polar surface area (TPSA) is 109 Å². The summed E-state index contributed by atoms with van der Waals surface area (Å²) in [5.74, 6) is -3.50. The van der Waals surface area contributed by atoms with Crippen LogP contribution in [-0.4, -0.2) is 36.9 Å². The lowest BCUT2D eigenvalue weighted by atomic mass is 9.43. The van der Waals surface area contributed by atoms with Crippen LogP contribution in [0.25, 0.3) is 0 Å². The maximum absolute atomic E-state index is 14.1. The first kappa shape index (κ1) is 23.8. The van der Waals surface area contributed by atoms with Crippen LogP contribution >= 0.6 is 11.3 Å². The van der Waals surface area contributed by atoms with E-state index in [1.54, 1.807) is 22.9 Å². The van der Waals surface area contributed by atoms with Crippen molar-refractivity contribution in [2.24, 2.45) is 28.6 Å². The summed E-state index contributed by atoms with van der Waals surface area (Å²) in [6, 6.07) is 3.38. The number of rotatable bonds is 4. The molecule has 2 aromatic rings. The van der Waals surface area contributed by atoms with Gasteiger partial charge in [0.25, 0.3) is 0 Å². The number of methoxy groups -OCH3 is 1. The molecule has 0 bridgehead atoms. The Morgan fingerprint density at radius 2 is 1.97 bits per heavy atom. The van der Waals surface area contributed by atoms with E-state index in [-0.39, 0.29) is 18.2 Å². The minimum Gasteiger partial charge on any atom is -0.472 e.